The van der Waals surface area contributed by atoms with Gasteiger partial charge in [-0.1, -0.05) is 23.7 Å². The van der Waals surface area contributed by atoms with Gasteiger partial charge in [-0.15, -0.1) is 11.3 Å². The molecule has 1 heterocycles. The standard InChI is InChI=1S/C10H9ClS/c1-6-3-4-7(2)10-9(6)8(11)5-12-10/h3-5H,1-2H3. The Morgan fingerprint density at radius 1 is 1.17 bits per heavy atom. The van der Waals surface area contributed by atoms with E-state index in [1.165, 1.54) is 21.2 Å². The number of fused-ring (bicyclic) bond motifs is 1. The van der Waals surface area contributed by atoms with Crippen molar-refractivity contribution in [2.75, 3.05) is 0 Å². The fourth-order valence-electron chi connectivity index (χ4n) is 1.40. The Morgan fingerprint density at radius 2 is 1.83 bits per heavy atom. The van der Waals surface area contributed by atoms with Crippen molar-refractivity contribution in [3.63, 3.8) is 0 Å². The van der Waals surface area contributed by atoms with Gasteiger partial charge in [0.25, 0.3) is 0 Å². The highest BCUT2D eigenvalue weighted by molar-refractivity contribution is 7.18. The third-order valence-electron chi connectivity index (χ3n) is 2.08. The van der Waals surface area contributed by atoms with Crippen molar-refractivity contribution >= 4 is 33.0 Å². The van der Waals surface area contributed by atoms with E-state index in [0.717, 1.165) is 5.02 Å². The molecule has 0 spiro atoms. The average Bonchev–Trinajstić information content (AvgIpc) is 2.42. The number of aryl methyl sites for hydroxylation is 2. The van der Waals surface area contributed by atoms with Crippen LogP contribution in [0.15, 0.2) is 17.5 Å². The van der Waals surface area contributed by atoms with E-state index in [1.54, 1.807) is 11.3 Å². The zero-order valence-corrected chi connectivity index (χ0v) is 8.59. The van der Waals surface area contributed by atoms with E-state index >= 15 is 0 Å². The molecular formula is C10H9ClS. The lowest BCUT2D eigenvalue weighted by Gasteiger charge is -1.99. The maximum atomic E-state index is 6.06. The molecule has 12 heavy (non-hydrogen) atoms. The minimum atomic E-state index is 0.885. The monoisotopic (exact) mass is 196 g/mol. The lowest BCUT2D eigenvalue weighted by molar-refractivity contribution is 1.48. The van der Waals surface area contributed by atoms with Crippen LogP contribution in [-0.2, 0) is 0 Å². The molecule has 1 aromatic heterocycles. The summed E-state index contributed by atoms with van der Waals surface area (Å²) in [5.41, 5.74) is 2.58. The fourth-order valence-corrected chi connectivity index (χ4v) is 2.82. The first kappa shape index (κ1) is 8.09. The van der Waals surface area contributed by atoms with E-state index < -0.39 is 0 Å². The van der Waals surface area contributed by atoms with Crippen molar-refractivity contribution in [2.45, 2.75) is 13.8 Å². The summed E-state index contributed by atoms with van der Waals surface area (Å²) >= 11 is 7.78. The van der Waals surface area contributed by atoms with Gasteiger partial charge in [0.05, 0.1) is 5.02 Å². The molecule has 1 aromatic carbocycles. The molecule has 2 rings (SSSR count). The number of halogens is 1. The number of hydrogen-bond donors (Lipinski definition) is 0. The summed E-state index contributed by atoms with van der Waals surface area (Å²) in [6, 6.07) is 4.26. The molecular weight excluding hydrogens is 188 g/mol. The zero-order valence-electron chi connectivity index (χ0n) is 7.02. The van der Waals surface area contributed by atoms with Crippen molar-refractivity contribution in [3.05, 3.63) is 33.7 Å². The van der Waals surface area contributed by atoms with E-state index in [2.05, 4.69) is 26.0 Å². The topological polar surface area (TPSA) is 0 Å². The third-order valence-corrected chi connectivity index (χ3v) is 3.62. The molecule has 0 saturated heterocycles. The minimum Gasteiger partial charge on any atom is -0.142 e. The van der Waals surface area contributed by atoms with Crippen LogP contribution in [0.25, 0.3) is 10.1 Å². The van der Waals surface area contributed by atoms with Gasteiger partial charge in [0.2, 0.25) is 0 Å². The molecule has 0 unspecified atom stereocenters. The second-order valence-electron chi connectivity index (χ2n) is 2.99. The Morgan fingerprint density at radius 3 is 2.50 bits per heavy atom. The van der Waals surface area contributed by atoms with Crippen molar-refractivity contribution < 1.29 is 0 Å². The van der Waals surface area contributed by atoms with Crippen LogP contribution in [-0.4, -0.2) is 0 Å². The highest BCUT2D eigenvalue weighted by atomic mass is 35.5. The smallest absolute Gasteiger partial charge is 0.0594 e. The van der Waals surface area contributed by atoms with Gasteiger partial charge in [0.1, 0.15) is 0 Å². The van der Waals surface area contributed by atoms with Gasteiger partial charge in [0, 0.05) is 15.5 Å². The van der Waals surface area contributed by atoms with Gasteiger partial charge in [-0.25, -0.2) is 0 Å². The zero-order chi connectivity index (χ0) is 8.72. The summed E-state index contributed by atoms with van der Waals surface area (Å²) in [5, 5.41) is 4.12. The van der Waals surface area contributed by atoms with Crippen LogP contribution in [0.3, 0.4) is 0 Å². The molecule has 0 amide bonds. The second-order valence-corrected chi connectivity index (χ2v) is 4.27. The Bertz CT molecular complexity index is 429. The van der Waals surface area contributed by atoms with Crippen molar-refractivity contribution in [1.82, 2.24) is 0 Å². The molecule has 0 saturated carbocycles. The van der Waals surface area contributed by atoms with Gasteiger partial charge in [-0.05, 0) is 25.0 Å². The summed E-state index contributed by atoms with van der Waals surface area (Å²) in [5.74, 6) is 0. The van der Waals surface area contributed by atoms with Gasteiger partial charge in [0.15, 0.2) is 0 Å². The first-order valence-electron chi connectivity index (χ1n) is 3.83. The summed E-state index contributed by atoms with van der Waals surface area (Å²) < 4.78 is 1.32. The molecule has 2 aromatic rings. The first-order chi connectivity index (χ1) is 5.70. The Hall–Kier alpha value is -0.530. The summed E-state index contributed by atoms with van der Waals surface area (Å²) in [7, 11) is 0. The van der Waals surface area contributed by atoms with Gasteiger partial charge < -0.3 is 0 Å². The molecule has 0 radical (unpaired) electrons. The van der Waals surface area contributed by atoms with Crippen molar-refractivity contribution in [1.29, 1.82) is 0 Å². The lowest BCUT2D eigenvalue weighted by atomic mass is 10.1. The van der Waals surface area contributed by atoms with Crippen LogP contribution >= 0.6 is 22.9 Å². The lowest BCUT2D eigenvalue weighted by Crippen LogP contribution is -1.76. The van der Waals surface area contributed by atoms with Gasteiger partial charge in [-0.3, -0.25) is 0 Å². The van der Waals surface area contributed by atoms with Crippen molar-refractivity contribution in [3.8, 4) is 0 Å². The van der Waals surface area contributed by atoms with E-state index in [-0.39, 0.29) is 0 Å². The van der Waals surface area contributed by atoms with Crippen LogP contribution in [0.4, 0.5) is 0 Å². The third kappa shape index (κ3) is 1.05. The van der Waals surface area contributed by atoms with Gasteiger partial charge >= 0.3 is 0 Å². The van der Waals surface area contributed by atoms with Crippen LogP contribution in [0.2, 0.25) is 5.02 Å². The quantitative estimate of drug-likeness (QED) is 0.593. The fraction of sp³-hybridized carbons (Fsp3) is 0.200. The SMILES string of the molecule is Cc1ccc(C)c2c(Cl)csc12. The number of thiophene rings is 1. The number of hydrogen-bond acceptors (Lipinski definition) is 1. The van der Waals surface area contributed by atoms with Crippen LogP contribution < -0.4 is 0 Å². The summed E-state index contributed by atoms with van der Waals surface area (Å²) in [6.07, 6.45) is 0. The normalized spacial score (nSPS) is 10.9. The molecule has 0 N–H and O–H groups in total. The molecule has 0 fully saturated rings. The molecule has 0 atom stereocenters. The Kier molecular flexibility index (Phi) is 1.85. The Balaban J connectivity index is 2.98. The predicted octanol–water partition coefficient (Wildman–Crippen LogP) is 4.17. The Labute approximate surface area is 80.8 Å². The highest BCUT2D eigenvalue weighted by Crippen LogP contribution is 2.34. The van der Waals surface area contributed by atoms with E-state index in [0.29, 0.717) is 0 Å². The summed E-state index contributed by atoms with van der Waals surface area (Å²) in [4.78, 5) is 0. The highest BCUT2D eigenvalue weighted by Gasteiger charge is 2.05. The van der Waals surface area contributed by atoms with Crippen LogP contribution in [0.1, 0.15) is 11.1 Å². The maximum Gasteiger partial charge on any atom is 0.0594 e. The second kappa shape index (κ2) is 2.75. The maximum absolute atomic E-state index is 6.06. The van der Waals surface area contributed by atoms with Gasteiger partial charge in [-0.2, -0.15) is 0 Å². The molecule has 0 aliphatic carbocycles. The molecule has 0 bridgehead atoms. The molecule has 0 nitrogen and oxygen atoms in total. The van der Waals surface area contributed by atoms with E-state index in [9.17, 15) is 0 Å². The van der Waals surface area contributed by atoms with E-state index in [4.69, 9.17) is 11.6 Å². The summed E-state index contributed by atoms with van der Waals surface area (Å²) in [6.45, 7) is 4.22. The minimum absolute atomic E-state index is 0.885. The predicted molar refractivity (Wildman–Crippen MR) is 56.3 cm³/mol. The molecule has 62 valence electrons. The molecule has 0 aliphatic heterocycles. The number of benzene rings is 1. The first-order valence-corrected chi connectivity index (χ1v) is 5.09. The molecule has 2 heteroatoms. The largest absolute Gasteiger partial charge is 0.142 e. The number of rotatable bonds is 0. The van der Waals surface area contributed by atoms with Crippen molar-refractivity contribution in [2.24, 2.45) is 0 Å². The van der Waals surface area contributed by atoms with Crippen LogP contribution in [0.5, 0.6) is 0 Å². The van der Waals surface area contributed by atoms with Crippen LogP contribution in [0, 0.1) is 13.8 Å². The molecule has 0 aliphatic rings. The van der Waals surface area contributed by atoms with E-state index in [1.807, 2.05) is 5.38 Å². The average molecular weight is 197 g/mol.